The number of benzene rings is 22. The van der Waals surface area contributed by atoms with E-state index in [9.17, 15) is 0 Å². The van der Waals surface area contributed by atoms with E-state index in [0.29, 0.717) is 10.0 Å². The molecule has 8 aromatic heterocycles. The smallest absolute Gasteiger partial charge is 0.154 e. The highest BCUT2D eigenvalue weighted by Crippen LogP contribution is 2.51. The summed E-state index contributed by atoms with van der Waals surface area (Å²) < 4.78 is 35.6. The van der Waals surface area contributed by atoms with Crippen LogP contribution in [0.4, 0.5) is 0 Å². The van der Waals surface area contributed by atoms with Crippen LogP contribution >= 0.6 is 80.4 Å². The summed E-state index contributed by atoms with van der Waals surface area (Å²) in [5.74, 6) is 0. The fraction of sp³-hybridized carbons (Fsp3) is 0. The van der Waals surface area contributed by atoms with Crippen molar-refractivity contribution < 1.29 is 17.7 Å². The number of halogens is 4. The van der Waals surface area contributed by atoms with Gasteiger partial charge in [-0.3, -0.25) is 0 Å². The molecule has 30 rings (SSSR count). The minimum Gasteiger partial charge on any atom is -0.456 e. The summed E-state index contributed by atoms with van der Waals surface area (Å²) in [6.07, 6.45) is 0. The van der Waals surface area contributed by atoms with E-state index < -0.39 is 0 Å². The van der Waals surface area contributed by atoms with Crippen LogP contribution in [0.1, 0.15) is 0 Å². The van der Waals surface area contributed by atoms with E-state index in [-0.39, 0.29) is 0 Å². The van der Waals surface area contributed by atoms with Crippen LogP contribution in [0.5, 0.6) is 0 Å². The van der Waals surface area contributed by atoms with Crippen LogP contribution < -0.4 is 0 Å². The van der Waals surface area contributed by atoms with E-state index in [2.05, 4.69) is 350 Å². The fourth-order valence-electron chi connectivity index (χ4n) is 20.7. The van der Waals surface area contributed by atoms with Gasteiger partial charge in [0.2, 0.25) is 0 Å². The third kappa shape index (κ3) is 12.8. The molecule has 134 heavy (non-hydrogen) atoms. The van der Waals surface area contributed by atoms with E-state index in [1.165, 1.54) is 154 Å². The maximum atomic E-state index is 6.95. The molecule has 0 spiro atoms. The number of aromatic nitrogens is 1. The van der Waals surface area contributed by atoms with Crippen molar-refractivity contribution in [1.82, 2.24) is 4.57 Å². The van der Waals surface area contributed by atoms with Crippen molar-refractivity contribution in [3.05, 3.63) is 427 Å². The molecular weight excluding hydrogens is 1780 g/mol. The van der Waals surface area contributed by atoms with Crippen LogP contribution in [0.2, 0.25) is 20.1 Å². The van der Waals surface area contributed by atoms with Crippen LogP contribution in [-0.4, -0.2) is 4.57 Å². The molecule has 0 unspecified atom stereocenters. The maximum Gasteiger partial charge on any atom is 0.154 e. The molecule has 5 nitrogen and oxygen atoms in total. The highest BCUT2D eigenvalue weighted by Gasteiger charge is 2.25. The Kier molecular flexibility index (Phi) is 18.4. The molecule has 0 aliphatic carbocycles. The van der Waals surface area contributed by atoms with Crippen molar-refractivity contribution in [2.75, 3.05) is 0 Å². The molecule has 12 heteroatoms. The van der Waals surface area contributed by atoms with Gasteiger partial charge in [0.15, 0.2) is 5.58 Å². The zero-order chi connectivity index (χ0) is 88.7. The Hall–Kier alpha value is -15.0. The Morgan fingerprint density at radius 1 is 0.201 bits per heavy atom. The fourth-order valence-corrected chi connectivity index (χ4v) is 25.1. The van der Waals surface area contributed by atoms with Crippen LogP contribution in [0.3, 0.4) is 0 Å². The van der Waals surface area contributed by atoms with Crippen LogP contribution in [-0.2, 0) is 0 Å². The molecule has 630 valence electrons. The molecule has 0 aliphatic heterocycles. The van der Waals surface area contributed by atoms with Gasteiger partial charge in [0.1, 0.15) is 39.1 Å². The lowest BCUT2D eigenvalue weighted by atomic mass is 9.90. The van der Waals surface area contributed by atoms with Crippen molar-refractivity contribution >= 4 is 304 Å². The molecule has 0 radical (unpaired) electrons. The molecule has 0 fully saturated rings. The van der Waals surface area contributed by atoms with Crippen molar-refractivity contribution in [1.29, 1.82) is 0 Å². The summed E-state index contributed by atoms with van der Waals surface area (Å²) in [5, 5.41) is 33.3. The number of nitrogens with zero attached hydrogens (tertiary/aromatic N) is 1. The van der Waals surface area contributed by atoms with Gasteiger partial charge in [0, 0.05) is 152 Å². The summed E-state index contributed by atoms with van der Waals surface area (Å²) in [6.45, 7) is 0. The van der Waals surface area contributed by atoms with Gasteiger partial charge in [-0.2, -0.15) is 0 Å². The highest BCUT2D eigenvalue weighted by molar-refractivity contribution is 7.27. The van der Waals surface area contributed by atoms with E-state index in [1.54, 1.807) is 0 Å². The highest BCUT2D eigenvalue weighted by atomic mass is 35.5. The predicted molar refractivity (Wildman–Crippen MR) is 577 cm³/mol. The van der Waals surface area contributed by atoms with Crippen molar-refractivity contribution in [2.45, 2.75) is 0 Å². The predicted octanol–water partition coefficient (Wildman–Crippen LogP) is 39.6. The normalized spacial score (nSPS) is 12.0. The van der Waals surface area contributed by atoms with Gasteiger partial charge >= 0.3 is 0 Å². The second-order valence-electron chi connectivity index (χ2n) is 34.4. The first-order valence-corrected chi connectivity index (χ1v) is 48.4. The van der Waals surface area contributed by atoms with Crippen LogP contribution in [0, 0.1) is 0 Å². The molecule has 30 aromatic rings. The second-order valence-corrected chi connectivity index (χ2v) is 39.2. The molecule has 0 amide bonds. The summed E-state index contributed by atoms with van der Waals surface area (Å²) in [5.41, 5.74) is 19.7. The first kappa shape index (κ1) is 78.8. The molecule has 0 bridgehead atoms. The summed E-state index contributed by atoms with van der Waals surface area (Å²) in [7, 11) is 0. The van der Waals surface area contributed by atoms with E-state index in [4.69, 9.17) is 64.1 Å². The molecule has 0 saturated heterocycles. The molecule has 0 N–H and O–H groups in total. The Bertz CT molecular complexity index is 10200. The molecular formula is C122H67Cl4NO4S3. The number of furan rings is 4. The number of hydrogen-bond donors (Lipinski definition) is 0. The molecule has 22 aromatic carbocycles. The third-order valence-corrected chi connectivity index (χ3v) is 31.5. The summed E-state index contributed by atoms with van der Waals surface area (Å²) >= 11 is 31.6. The molecule has 8 heterocycles. The minimum atomic E-state index is 0.668. The van der Waals surface area contributed by atoms with E-state index in [0.717, 1.165) is 130 Å². The van der Waals surface area contributed by atoms with Gasteiger partial charge in [-0.25, -0.2) is 0 Å². The van der Waals surface area contributed by atoms with Gasteiger partial charge in [-0.05, 0) is 240 Å². The van der Waals surface area contributed by atoms with Crippen molar-refractivity contribution in [3.8, 4) is 50.2 Å². The number of rotatable bonds is 5. The van der Waals surface area contributed by atoms with Gasteiger partial charge in [0.25, 0.3) is 0 Å². The average molecular weight is 1850 g/mol. The first-order valence-electron chi connectivity index (χ1n) is 44.4. The standard InChI is InChI=1S/C36H19ClOS.C30H18ClNO.2C28H15ClOS/c37-34-21-10-2-1-9-20(21)17-30-33-25-14-5-3-11-22(25)28(19-31(33)38-35(30)34)27-18-29-24-13-7-8-16-32(24)39-36(29)26-15-6-4-12-23(26)27;31-21-12-14-25-24-13-10-20(17-29(24)33-30(25)18-21)19-11-15-28-26(16-19)23-8-4-5-9-27(23)32(28)22-6-2-1-3-7-22;29-17-10-11-24-23(14-17)28-20-7-2-1-5-18(20)21(15-25(28)30-24)16-9-12-27-22(13-16)19-6-3-4-8-26(19)31-27;29-23-14-18-5-1-2-6-19(18)28-27(23)21-11-9-17(15-24(21)30-28)16-10-12-26-22(13-16)20-7-3-4-8-25(20)31-26/h1-19H;1-18H;2*1-15H. The Balaban J connectivity index is 0.0000000914. The molecule has 0 atom stereocenters. The zero-order valence-electron chi connectivity index (χ0n) is 71.0. The maximum absolute atomic E-state index is 6.95. The Labute approximate surface area is 796 Å². The SMILES string of the molecule is Clc1c2ccccc2cc2c1oc1cc(-c3cc4c5ccccc5sc4c4ccccc34)c3ccccc3c12.Clc1cc2ccccc2c2oc3cc(-c4ccc5sc6ccccc6c5c4)ccc3c12.Clc1ccc2c(c1)oc1cc(-c3ccc4c(c3)c3ccccc3n4-c3ccccc3)ccc12.Clc1ccc2oc3cc(-c4ccc5sc6ccccc6c5c4)c4ccccc4c3c2c1. The van der Waals surface area contributed by atoms with Gasteiger partial charge in [-0.1, -0.05) is 289 Å². The Morgan fingerprint density at radius 3 is 1.34 bits per heavy atom. The van der Waals surface area contributed by atoms with Gasteiger partial charge in [0.05, 0.1) is 21.1 Å². The quantitative estimate of drug-likeness (QED) is 0.172. The summed E-state index contributed by atoms with van der Waals surface area (Å²) in [6, 6.07) is 143. The van der Waals surface area contributed by atoms with Crippen LogP contribution in [0.25, 0.3) is 274 Å². The monoisotopic (exact) mass is 1850 g/mol. The van der Waals surface area contributed by atoms with Gasteiger partial charge < -0.3 is 22.2 Å². The van der Waals surface area contributed by atoms with Crippen molar-refractivity contribution in [2.24, 2.45) is 0 Å². The first-order chi connectivity index (χ1) is 66.0. The number of fused-ring (bicyclic) bond motifs is 33. The summed E-state index contributed by atoms with van der Waals surface area (Å²) in [4.78, 5) is 0. The molecule has 0 aliphatic rings. The van der Waals surface area contributed by atoms with Crippen molar-refractivity contribution in [3.63, 3.8) is 0 Å². The minimum absolute atomic E-state index is 0.668. The number of para-hydroxylation sites is 2. The van der Waals surface area contributed by atoms with E-state index >= 15 is 0 Å². The Morgan fingerprint density at radius 2 is 0.642 bits per heavy atom. The second kappa shape index (κ2) is 31.3. The number of hydrogen-bond acceptors (Lipinski definition) is 7. The molecule has 0 saturated carbocycles. The lowest BCUT2D eigenvalue weighted by Gasteiger charge is -2.12. The third-order valence-electron chi connectivity index (χ3n) is 26.8. The van der Waals surface area contributed by atoms with Crippen LogP contribution in [0.15, 0.2) is 424 Å². The largest absolute Gasteiger partial charge is 0.456 e. The average Bonchev–Trinajstić information content (AvgIpc) is 1.51. The van der Waals surface area contributed by atoms with E-state index in [1.807, 2.05) is 94.7 Å². The number of thiophene rings is 3. The topological polar surface area (TPSA) is 57.5 Å². The lowest BCUT2D eigenvalue weighted by Crippen LogP contribution is -1.92. The zero-order valence-corrected chi connectivity index (χ0v) is 76.5. The lowest BCUT2D eigenvalue weighted by molar-refractivity contribution is 0.669. The van der Waals surface area contributed by atoms with Gasteiger partial charge in [-0.15, -0.1) is 34.0 Å².